The standard InChI is InChI=1S/C22H21N3O/c26-22(23-19-13-12-15-6-4-5-9-18(15)19)21-14-20(16-10-11-16)24-25(21)17-7-2-1-3-8-17/h1-9,14,16,19H,10-13H2,(H,23,26). The summed E-state index contributed by atoms with van der Waals surface area (Å²) in [4.78, 5) is 13.1. The highest BCUT2D eigenvalue weighted by atomic mass is 16.2. The molecule has 1 N–H and O–H groups in total. The molecule has 0 spiro atoms. The number of hydrogen-bond acceptors (Lipinski definition) is 2. The first-order chi connectivity index (χ1) is 12.8. The zero-order valence-corrected chi connectivity index (χ0v) is 14.6. The molecule has 1 aromatic heterocycles. The van der Waals surface area contributed by atoms with Crippen LogP contribution in [0.25, 0.3) is 5.69 Å². The predicted molar refractivity (Wildman–Crippen MR) is 101 cm³/mol. The van der Waals surface area contributed by atoms with E-state index >= 15 is 0 Å². The summed E-state index contributed by atoms with van der Waals surface area (Å²) >= 11 is 0. The van der Waals surface area contributed by atoms with Crippen LogP contribution < -0.4 is 5.32 Å². The fraction of sp³-hybridized carbons (Fsp3) is 0.273. The molecule has 0 bridgehead atoms. The number of rotatable bonds is 4. The van der Waals surface area contributed by atoms with E-state index in [9.17, 15) is 4.79 Å². The van der Waals surface area contributed by atoms with Crippen molar-refractivity contribution in [3.05, 3.63) is 83.2 Å². The summed E-state index contributed by atoms with van der Waals surface area (Å²) in [7, 11) is 0. The summed E-state index contributed by atoms with van der Waals surface area (Å²) in [6, 6.07) is 20.4. The van der Waals surface area contributed by atoms with Crippen molar-refractivity contribution < 1.29 is 4.79 Å². The lowest BCUT2D eigenvalue weighted by molar-refractivity contribution is 0.0929. The maximum Gasteiger partial charge on any atom is 0.270 e. The van der Waals surface area contributed by atoms with E-state index < -0.39 is 0 Å². The van der Waals surface area contributed by atoms with Gasteiger partial charge in [0.25, 0.3) is 5.91 Å². The van der Waals surface area contributed by atoms with Gasteiger partial charge in [-0.15, -0.1) is 0 Å². The second-order valence-electron chi connectivity index (χ2n) is 7.24. The van der Waals surface area contributed by atoms with Crippen LogP contribution in [-0.4, -0.2) is 15.7 Å². The molecule has 5 rings (SSSR count). The molecule has 0 saturated heterocycles. The molecule has 4 heteroatoms. The molecule has 1 heterocycles. The van der Waals surface area contributed by atoms with Crippen molar-refractivity contribution in [2.24, 2.45) is 0 Å². The minimum Gasteiger partial charge on any atom is -0.344 e. The number of fused-ring (bicyclic) bond motifs is 1. The van der Waals surface area contributed by atoms with E-state index in [2.05, 4.69) is 23.5 Å². The van der Waals surface area contributed by atoms with E-state index in [1.165, 1.54) is 24.0 Å². The zero-order chi connectivity index (χ0) is 17.5. The first kappa shape index (κ1) is 15.4. The Bertz CT molecular complexity index is 957. The van der Waals surface area contributed by atoms with E-state index in [1.54, 1.807) is 4.68 Å². The molecule has 1 amide bonds. The summed E-state index contributed by atoms with van der Waals surface area (Å²) in [5, 5.41) is 7.97. The lowest BCUT2D eigenvalue weighted by Gasteiger charge is -2.15. The van der Waals surface area contributed by atoms with E-state index in [1.807, 2.05) is 42.5 Å². The number of hydrogen-bond donors (Lipinski definition) is 1. The Hall–Kier alpha value is -2.88. The van der Waals surface area contributed by atoms with Crippen molar-refractivity contribution >= 4 is 5.91 Å². The zero-order valence-electron chi connectivity index (χ0n) is 14.6. The van der Waals surface area contributed by atoms with Gasteiger partial charge in [-0.25, -0.2) is 4.68 Å². The third-order valence-corrected chi connectivity index (χ3v) is 5.40. The average Bonchev–Trinajstić information content (AvgIpc) is 3.31. The highest BCUT2D eigenvalue weighted by Gasteiger charge is 2.30. The van der Waals surface area contributed by atoms with Gasteiger partial charge in [0.1, 0.15) is 5.69 Å². The normalized spacial score (nSPS) is 18.5. The van der Waals surface area contributed by atoms with Crippen molar-refractivity contribution in [3.8, 4) is 5.69 Å². The third-order valence-electron chi connectivity index (χ3n) is 5.40. The van der Waals surface area contributed by atoms with E-state index in [0.29, 0.717) is 11.6 Å². The molecule has 3 aromatic rings. The molecule has 2 aromatic carbocycles. The van der Waals surface area contributed by atoms with Crippen molar-refractivity contribution in [1.82, 2.24) is 15.1 Å². The fourth-order valence-corrected chi connectivity index (χ4v) is 3.85. The molecule has 130 valence electrons. The van der Waals surface area contributed by atoms with E-state index in [0.717, 1.165) is 24.2 Å². The number of nitrogens with zero attached hydrogens (tertiary/aromatic N) is 2. The summed E-state index contributed by atoms with van der Waals surface area (Å²) in [6.07, 6.45) is 4.32. The molecule has 0 aliphatic heterocycles. The number of nitrogens with one attached hydrogen (secondary N) is 1. The van der Waals surface area contributed by atoms with Crippen LogP contribution in [-0.2, 0) is 6.42 Å². The van der Waals surface area contributed by atoms with Crippen LogP contribution in [0, 0.1) is 0 Å². The number of carbonyl (C=O) groups excluding carboxylic acids is 1. The first-order valence-electron chi connectivity index (χ1n) is 9.33. The minimum atomic E-state index is -0.0463. The monoisotopic (exact) mass is 343 g/mol. The molecular weight excluding hydrogens is 322 g/mol. The van der Waals surface area contributed by atoms with E-state index in [-0.39, 0.29) is 11.9 Å². The molecule has 1 unspecified atom stereocenters. The van der Waals surface area contributed by atoms with Crippen molar-refractivity contribution in [3.63, 3.8) is 0 Å². The first-order valence-corrected chi connectivity index (χ1v) is 9.33. The number of aryl methyl sites for hydroxylation is 1. The van der Waals surface area contributed by atoms with Crippen molar-refractivity contribution in [1.29, 1.82) is 0 Å². The topological polar surface area (TPSA) is 46.9 Å². The minimum absolute atomic E-state index is 0.0463. The summed E-state index contributed by atoms with van der Waals surface area (Å²) < 4.78 is 1.80. The van der Waals surface area contributed by atoms with Gasteiger partial charge in [0, 0.05) is 5.92 Å². The molecule has 1 saturated carbocycles. The van der Waals surface area contributed by atoms with Gasteiger partial charge in [0.15, 0.2) is 0 Å². The van der Waals surface area contributed by atoms with Crippen LogP contribution in [0.4, 0.5) is 0 Å². The molecule has 2 aliphatic rings. The highest BCUT2D eigenvalue weighted by Crippen LogP contribution is 2.40. The van der Waals surface area contributed by atoms with Gasteiger partial charge in [-0.2, -0.15) is 5.10 Å². The Morgan fingerprint density at radius 3 is 2.58 bits per heavy atom. The van der Waals surface area contributed by atoms with Crippen molar-refractivity contribution in [2.45, 2.75) is 37.6 Å². The Labute approximate surface area is 152 Å². The van der Waals surface area contributed by atoms with Gasteiger partial charge in [-0.05, 0) is 55.0 Å². The molecule has 4 nitrogen and oxygen atoms in total. The average molecular weight is 343 g/mol. The molecule has 26 heavy (non-hydrogen) atoms. The number of para-hydroxylation sites is 1. The maximum atomic E-state index is 13.1. The van der Waals surface area contributed by atoms with Crippen LogP contribution in [0.1, 0.15) is 58.5 Å². The molecule has 0 radical (unpaired) electrons. The summed E-state index contributed by atoms with van der Waals surface area (Å²) in [6.45, 7) is 0. The molecule has 1 fully saturated rings. The Kier molecular flexibility index (Phi) is 3.63. The molecule has 2 aliphatic carbocycles. The summed E-state index contributed by atoms with van der Waals surface area (Å²) in [5.74, 6) is 0.466. The van der Waals surface area contributed by atoms with Gasteiger partial charge in [-0.1, -0.05) is 42.5 Å². The smallest absolute Gasteiger partial charge is 0.270 e. The lowest BCUT2D eigenvalue weighted by atomic mass is 10.1. The Balaban J connectivity index is 1.47. The van der Waals surface area contributed by atoms with Crippen molar-refractivity contribution in [2.75, 3.05) is 0 Å². The molecule has 1 atom stereocenters. The lowest BCUT2D eigenvalue weighted by Crippen LogP contribution is -2.29. The Morgan fingerprint density at radius 1 is 1.00 bits per heavy atom. The quantitative estimate of drug-likeness (QED) is 0.773. The van der Waals surface area contributed by atoms with Gasteiger partial charge < -0.3 is 5.32 Å². The largest absolute Gasteiger partial charge is 0.344 e. The second-order valence-corrected chi connectivity index (χ2v) is 7.24. The number of carbonyl (C=O) groups is 1. The highest BCUT2D eigenvalue weighted by molar-refractivity contribution is 5.93. The maximum absolute atomic E-state index is 13.1. The number of benzene rings is 2. The predicted octanol–water partition coefficient (Wildman–Crippen LogP) is 4.17. The number of amides is 1. The number of aromatic nitrogens is 2. The summed E-state index contributed by atoms with van der Waals surface area (Å²) in [5.41, 5.74) is 5.17. The van der Waals surface area contributed by atoms with Crippen LogP contribution in [0.5, 0.6) is 0 Å². The molecular formula is C22H21N3O. The van der Waals surface area contributed by atoms with Gasteiger partial charge in [0.05, 0.1) is 17.4 Å². The van der Waals surface area contributed by atoms with Crippen LogP contribution in [0.15, 0.2) is 60.7 Å². The van der Waals surface area contributed by atoms with Crippen LogP contribution in [0.3, 0.4) is 0 Å². The fourth-order valence-electron chi connectivity index (χ4n) is 3.85. The SMILES string of the molecule is O=C(NC1CCc2ccccc21)c1cc(C2CC2)nn1-c1ccccc1. The van der Waals surface area contributed by atoms with Crippen LogP contribution >= 0.6 is 0 Å². The Morgan fingerprint density at radius 2 is 1.77 bits per heavy atom. The van der Waals surface area contributed by atoms with Gasteiger partial charge in [0.2, 0.25) is 0 Å². The van der Waals surface area contributed by atoms with Gasteiger partial charge in [-0.3, -0.25) is 4.79 Å². The third kappa shape index (κ3) is 2.71. The van der Waals surface area contributed by atoms with E-state index in [4.69, 9.17) is 5.10 Å². The van der Waals surface area contributed by atoms with Crippen LogP contribution in [0.2, 0.25) is 0 Å². The van der Waals surface area contributed by atoms with Gasteiger partial charge >= 0.3 is 0 Å². The second kappa shape index (κ2) is 6.13.